The van der Waals surface area contributed by atoms with Crippen LogP contribution in [0, 0.1) is 6.92 Å². The monoisotopic (exact) mass is 291 g/mol. The van der Waals surface area contributed by atoms with Crippen molar-refractivity contribution >= 4 is 17.0 Å². The van der Waals surface area contributed by atoms with Crippen LogP contribution in [0.25, 0.3) is 28.2 Å². The number of aliphatic hydroxyl groups is 1. The van der Waals surface area contributed by atoms with Crippen LogP contribution >= 0.6 is 0 Å². The molecule has 0 aliphatic rings. The van der Waals surface area contributed by atoms with Crippen molar-refractivity contribution in [2.24, 2.45) is 0 Å². The zero-order valence-corrected chi connectivity index (χ0v) is 12.4. The van der Waals surface area contributed by atoms with Crippen molar-refractivity contribution < 1.29 is 10.2 Å². The Hall–Kier alpha value is -2.65. The molecular formula is C19H17NO2. The molecule has 0 bridgehead atoms. The number of aromatic hydroxyl groups is 1. The number of aryl methyl sites for hydroxylation is 1. The maximum Gasteiger partial charge on any atom is 0.127 e. The second-order valence-corrected chi connectivity index (χ2v) is 5.29. The minimum atomic E-state index is -0.101. The third-order valence-electron chi connectivity index (χ3n) is 3.77. The van der Waals surface area contributed by atoms with Crippen LogP contribution in [0.5, 0.6) is 5.75 Å². The first-order valence-corrected chi connectivity index (χ1v) is 7.10. The van der Waals surface area contributed by atoms with Gasteiger partial charge in [-0.05, 0) is 30.2 Å². The Kier molecular flexibility index (Phi) is 3.65. The summed E-state index contributed by atoms with van der Waals surface area (Å²) in [6.45, 7) is 5.69. The molecule has 0 fully saturated rings. The van der Waals surface area contributed by atoms with E-state index in [9.17, 15) is 10.2 Å². The van der Waals surface area contributed by atoms with E-state index < -0.39 is 0 Å². The van der Waals surface area contributed by atoms with Crippen molar-refractivity contribution in [3.8, 4) is 17.0 Å². The van der Waals surface area contributed by atoms with Gasteiger partial charge < -0.3 is 10.2 Å². The van der Waals surface area contributed by atoms with Crippen molar-refractivity contribution in [3.63, 3.8) is 0 Å². The van der Waals surface area contributed by atoms with Crippen molar-refractivity contribution in [1.29, 1.82) is 0 Å². The molecule has 1 heterocycles. The van der Waals surface area contributed by atoms with Crippen molar-refractivity contribution in [3.05, 3.63) is 65.7 Å². The molecule has 22 heavy (non-hydrogen) atoms. The highest BCUT2D eigenvalue weighted by Crippen LogP contribution is 2.33. The maximum absolute atomic E-state index is 10.4. The number of pyridine rings is 1. The Morgan fingerprint density at radius 2 is 2.00 bits per heavy atom. The summed E-state index contributed by atoms with van der Waals surface area (Å²) in [5.41, 5.74) is 4.96. The molecule has 0 radical (unpaired) electrons. The molecule has 3 heteroatoms. The Labute approximate surface area is 129 Å². The summed E-state index contributed by atoms with van der Waals surface area (Å²) in [5, 5.41) is 20.5. The van der Waals surface area contributed by atoms with Gasteiger partial charge >= 0.3 is 0 Å². The summed E-state index contributed by atoms with van der Waals surface area (Å²) in [7, 11) is 0. The fourth-order valence-electron chi connectivity index (χ4n) is 2.70. The predicted octanol–water partition coefficient (Wildman–Crippen LogP) is 4.05. The molecule has 0 aliphatic carbocycles. The highest BCUT2D eigenvalue weighted by molar-refractivity contribution is 5.95. The molecule has 3 nitrogen and oxygen atoms in total. The molecule has 0 spiro atoms. The van der Waals surface area contributed by atoms with E-state index in [1.165, 1.54) is 0 Å². The Morgan fingerprint density at radius 1 is 1.18 bits per heavy atom. The third kappa shape index (κ3) is 2.36. The Morgan fingerprint density at radius 3 is 2.68 bits per heavy atom. The SMILES string of the molecule is C=Cc1c(CO)ccc2nc(-c3cccc(C)c3)cc(O)c12. The van der Waals surface area contributed by atoms with Gasteiger partial charge in [-0.3, -0.25) is 0 Å². The van der Waals surface area contributed by atoms with E-state index in [2.05, 4.69) is 11.6 Å². The predicted molar refractivity (Wildman–Crippen MR) is 89.6 cm³/mol. The lowest BCUT2D eigenvalue weighted by molar-refractivity contribution is 0.282. The lowest BCUT2D eigenvalue weighted by Crippen LogP contribution is -1.94. The molecule has 0 amide bonds. The maximum atomic E-state index is 10.4. The quantitative estimate of drug-likeness (QED) is 0.765. The van der Waals surface area contributed by atoms with Crippen LogP contribution in [0.15, 0.2) is 49.0 Å². The third-order valence-corrected chi connectivity index (χ3v) is 3.77. The summed E-state index contributed by atoms with van der Waals surface area (Å²) in [6.07, 6.45) is 1.64. The zero-order valence-electron chi connectivity index (χ0n) is 12.4. The van der Waals surface area contributed by atoms with Gasteiger partial charge in [0.1, 0.15) is 5.75 Å². The number of benzene rings is 2. The molecular weight excluding hydrogens is 274 g/mol. The van der Waals surface area contributed by atoms with E-state index >= 15 is 0 Å². The van der Waals surface area contributed by atoms with Gasteiger partial charge in [0.2, 0.25) is 0 Å². The summed E-state index contributed by atoms with van der Waals surface area (Å²) in [5.74, 6) is 0.145. The largest absolute Gasteiger partial charge is 0.507 e. The molecule has 0 atom stereocenters. The molecule has 1 aromatic heterocycles. The minimum Gasteiger partial charge on any atom is -0.507 e. The molecule has 3 aromatic rings. The number of fused-ring (bicyclic) bond motifs is 1. The second-order valence-electron chi connectivity index (χ2n) is 5.29. The lowest BCUT2D eigenvalue weighted by atomic mass is 9.99. The van der Waals surface area contributed by atoms with E-state index in [1.54, 1.807) is 12.1 Å². The number of hydrogen-bond donors (Lipinski definition) is 2. The first-order valence-electron chi connectivity index (χ1n) is 7.10. The van der Waals surface area contributed by atoms with Crippen molar-refractivity contribution in [1.82, 2.24) is 4.98 Å². The first-order chi connectivity index (χ1) is 10.6. The van der Waals surface area contributed by atoms with Crippen LogP contribution in [0.3, 0.4) is 0 Å². The Bertz CT molecular complexity index is 869. The van der Waals surface area contributed by atoms with Gasteiger partial charge in [0.15, 0.2) is 0 Å². The smallest absolute Gasteiger partial charge is 0.127 e. The van der Waals surface area contributed by atoms with Gasteiger partial charge in [0.25, 0.3) is 0 Å². The topological polar surface area (TPSA) is 53.4 Å². The summed E-state index contributed by atoms with van der Waals surface area (Å²) >= 11 is 0. The van der Waals surface area contributed by atoms with Crippen LogP contribution in [-0.2, 0) is 6.61 Å². The molecule has 3 rings (SSSR count). The summed E-state index contributed by atoms with van der Waals surface area (Å²) in [4.78, 5) is 4.64. The average Bonchev–Trinajstić information content (AvgIpc) is 2.53. The van der Waals surface area contributed by atoms with Crippen LogP contribution in [0.2, 0.25) is 0 Å². The van der Waals surface area contributed by atoms with E-state index in [0.29, 0.717) is 10.9 Å². The van der Waals surface area contributed by atoms with E-state index in [4.69, 9.17) is 0 Å². The fraction of sp³-hybridized carbons (Fsp3) is 0.105. The first kappa shape index (κ1) is 14.3. The number of nitrogens with zero attached hydrogens (tertiary/aromatic N) is 1. The van der Waals surface area contributed by atoms with Gasteiger partial charge in [-0.25, -0.2) is 4.98 Å². The van der Waals surface area contributed by atoms with Crippen molar-refractivity contribution in [2.75, 3.05) is 0 Å². The molecule has 0 saturated carbocycles. The van der Waals surface area contributed by atoms with Crippen LogP contribution in [0.4, 0.5) is 0 Å². The zero-order chi connectivity index (χ0) is 15.7. The van der Waals surface area contributed by atoms with Gasteiger partial charge in [-0.15, -0.1) is 0 Å². The van der Waals surface area contributed by atoms with Gasteiger partial charge in [0, 0.05) is 17.0 Å². The normalized spacial score (nSPS) is 10.8. The highest BCUT2D eigenvalue weighted by Gasteiger charge is 2.12. The minimum absolute atomic E-state index is 0.101. The molecule has 0 unspecified atom stereocenters. The molecule has 2 aromatic carbocycles. The summed E-state index contributed by atoms with van der Waals surface area (Å²) < 4.78 is 0. The van der Waals surface area contributed by atoms with E-state index in [-0.39, 0.29) is 12.4 Å². The molecule has 0 aliphatic heterocycles. The molecule has 2 N–H and O–H groups in total. The fourth-order valence-corrected chi connectivity index (χ4v) is 2.70. The van der Waals surface area contributed by atoms with E-state index in [1.807, 2.05) is 43.3 Å². The van der Waals surface area contributed by atoms with Gasteiger partial charge in [0.05, 0.1) is 17.8 Å². The second kappa shape index (κ2) is 5.62. The van der Waals surface area contributed by atoms with Gasteiger partial charge in [-0.1, -0.05) is 42.5 Å². The van der Waals surface area contributed by atoms with E-state index in [0.717, 1.165) is 27.9 Å². The number of aromatic nitrogens is 1. The lowest BCUT2D eigenvalue weighted by Gasteiger charge is -2.11. The standard InChI is InChI=1S/C19H17NO2/c1-3-15-14(11-21)7-8-16-19(15)18(22)10-17(20-16)13-6-4-5-12(2)9-13/h3-10,21H,1,11H2,2H3,(H,20,22). The molecule has 110 valence electrons. The van der Waals surface area contributed by atoms with Crippen LogP contribution < -0.4 is 0 Å². The Balaban J connectivity index is 2.28. The number of rotatable bonds is 3. The van der Waals surface area contributed by atoms with Gasteiger partial charge in [-0.2, -0.15) is 0 Å². The molecule has 0 saturated heterocycles. The number of hydrogen-bond acceptors (Lipinski definition) is 3. The summed E-state index contributed by atoms with van der Waals surface area (Å²) in [6, 6.07) is 13.3. The van der Waals surface area contributed by atoms with Crippen molar-refractivity contribution in [2.45, 2.75) is 13.5 Å². The van der Waals surface area contributed by atoms with Crippen LogP contribution in [-0.4, -0.2) is 15.2 Å². The number of aliphatic hydroxyl groups excluding tert-OH is 1. The average molecular weight is 291 g/mol. The van der Waals surface area contributed by atoms with Crippen LogP contribution in [0.1, 0.15) is 16.7 Å². The highest BCUT2D eigenvalue weighted by atomic mass is 16.3.